The topological polar surface area (TPSA) is 87.3 Å². The molecule has 0 fully saturated rings. The molecule has 1 heterocycles. The molecule has 140 valence electrons. The molecule has 3 amide bonds. The highest BCUT2D eigenvalue weighted by Crippen LogP contribution is 2.19. The highest BCUT2D eigenvalue weighted by molar-refractivity contribution is 6.09. The van der Waals surface area contributed by atoms with E-state index in [-0.39, 0.29) is 36.4 Å². The largest absolute Gasteiger partial charge is 0.356 e. The van der Waals surface area contributed by atoms with Crippen LogP contribution in [0.2, 0.25) is 0 Å². The molecule has 0 unspecified atom stereocenters. The van der Waals surface area contributed by atoms with E-state index >= 15 is 0 Å². The van der Waals surface area contributed by atoms with Gasteiger partial charge in [-0.15, -0.1) is 0 Å². The smallest absolute Gasteiger partial charge is 0.254 e. The predicted molar refractivity (Wildman–Crippen MR) is 98.7 cm³/mol. The molecule has 3 N–H and O–H groups in total. The van der Waals surface area contributed by atoms with E-state index < -0.39 is 6.04 Å². The highest BCUT2D eigenvalue weighted by Gasteiger charge is 2.27. The van der Waals surface area contributed by atoms with Gasteiger partial charge >= 0.3 is 0 Å². The Morgan fingerprint density at radius 1 is 1.07 bits per heavy atom. The van der Waals surface area contributed by atoms with E-state index in [0.29, 0.717) is 24.2 Å². The number of hydrogen-bond acceptors (Lipinski definition) is 3. The first-order valence-corrected chi connectivity index (χ1v) is 8.75. The van der Waals surface area contributed by atoms with Crippen molar-refractivity contribution in [3.63, 3.8) is 0 Å². The van der Waals surface area contributed by atoms with Crippen molar-refractivity contribution < 1.29 is 18.8 Å². The van der Waals surface area contributed by atoms with Crippen LogP contribution in [0.1, 0.15) is 28.8 Å². The number of para-hydroxylation sites is 1. The van der Waals surface area contributed by atoms with Gasteiger partial charge < -0.3 is 16.0 Å². The molecule has 7 heteroatoms. The Hall–Kier alpha value is -3.22. The van der Waals surface area contributed by atoms with Crippen molar-refractivity contribution in [1.82, 2.24) is 10.6 Å². The molecule has 0 aliphatic carbocycles. The maximum atomic E-state index is 12.9. The van der Waals surface area contributed by atoms with Crippen molar-refractivity contribution in [2.45, 2.75) is 25.3 Å². The van der Waals surface area contributed by atoms with Crippen LogP contribution in [0, 0.1) is 5.82 Å². The van der Waals surface area contributed by atoms with Gasteiger partial charge in [0.2, 0.25) is 11.8 Å². The number of amides is 3. The van der Waals surface area contributed by atoms with Gasteiger partial charge in [-0.05, 0) is 42.7 Å². The Balaban J connectivity index is 1.46. The normalized spacial score (nSPS) is 16.0. The highest BCUT2D eigenvalue weighted by atomic mass is 19.1. The predicted octanol–water partition coefficient (Wildman–Crippen LogP) is 2.02. The van der Waals surface area contributed by atoms with Crippen LogP contribution < -0.4 is 16.0 Å². The average Bonchev–Trinajstić information content (AvgIpc) is 2.78. The second-order valence-electron chi connectivity index (χ2n) is 6.33. The van der Waals surface area contributed by atoms with E-state index in [9.17, 15) is 18.8 Å². The van der Waals surface area contributed by atoms with E-state index in [0.717, 1.165) is 5.56 Å². The van der Waals surface area contributed by atoms with Crippen LogP contribution in [-0.2, 0) is 16.0 Å². The first kappa shape index (κ1) is 18.6. The zero-order valence-corrected chi connectivity index (χ0v) is 14.6. The van der Waals surface area contributed by atoms with Crippen LogP contribution in [0.3, 0.4) is 0 Å². The van der Waals surface area contributed by atoms with E-state index in [2.05, 4.69) is 16.0 Å². The van der Waals surface area contributed by atoms with Crippen LogP contribution in [0.25, 0.3) is 0 Å². The van der Waals surface area contributed by atoms with Crippen molar-refractivity contribution in [3.8, 4) is 0 Å². The van der Waals surface area contributed by atoms with Crippen molar-refractivity contribution in [1.29, 1.82) is 0 Å². The zero-order valence-electron chi connectivity index (χ0n) is 14.6. The third-order valence-electron chi connectivity index (χ3n) is 4.36. The Labute approximate surface area is 156 Å². The molecule has 2 aromatic carbocycles. The van der Waals surface area contributed by atoms with Crippen molar-refractivity contribution >= 4 is 23.4 Å². The molecule has 1 atom stereocenters. The van der Waals surface area contributed by atoms with E-state index in [4.69, 9.17) is 0 Å². The number of rotatable bonds is 6. The van der Waals surface area contributed by atoms with E-state index in [1.807, 2.05) is 0 Å². The molecule has 0 aromatic heterocycles. The fraction of sp³-hybridized carbons (Fsp3) is 0.250. The van der Waals surface area contributed by atoms with Crippen molar-refractivity contribution in [2.75, 3.05) is 11.9 Å². The fourth-order valence-electron chi connectivity index (χ4n) is 2.88. The van der Waals surface area contributed by atoms with Crippen LogP contribution in [0.4, 0.5) is 10.1 Å². The molecule has 1 aliphatic heterocycles. The molecular weight excluding hydrogens is 349 g/mol. The summed E-state index contributed by atoms with van der Waals surface area (Å²) in [6.07, 6.45) is 0.897. The standard InChI is InChI=1S/C20H20FN3O3/c21-14-7-5-13(6-8-14)11-12-22-18(25)10-9-17-20(27)23-16-4-2-1-3-15(16)19(26)24-17/h1-8,17H,9-12H2,(H,22,25)(H,23,27)(H,24,26)/t17-/m0/s1. The summed E-state index contributed by atoms with van der Waals surface area (Å²) >= 11 is 0. The lowest BCUT2D eigenvalue weighted by molar-refractivity contribution is -0.121. The molecule has 3 rings (SSSR count). The number of anilines is 1. The monoisotopic (exact) mass is 369 g/mol. The Kier molecular flexibility index (Phi) is 5.80. The number of carbonyl (C=O) groups excluding carboxylic acids is 3. The average molecular weight is 369 g/mol. The van der Waals surface area contributed by atoms with E-state index in [1.54, 1.807) is 36.4 Å². The summed E-state index contributed by atoms with van der Waals surface area (Å²) in [7, 11) is 0. The summed E-state index contributed by atoms with van der Waals surface area (Å²) in [5.41, 5.74) is 1.79. The van der Waals surface area contributed by atoms with Gasteiger partial charge in [0, 0.05) is 13.0 Å². The van der Waals surface area contributed by atoms with Gasteiger partial charge in [-0.1, -0.05) is 24.3 Å². The number of hydrogen-bond donors (Lipinski definition) is 3. The minimum absolute atomic E-state index is 0.109. The third-order valence-corrected chi connectivity index (χ3v) is 4.36. The molecule has 6 nitrogen and oxygen atoms in total. The van der Waals surface area contributed by atoms with Crippen LogP contribution >= 0.6 is 0 Å². The number of halogens is 1. The summed E-state index contributed by atoms with van der Waals surface area (Å²) < 4.78 is 12.9. The summed E-state index contributed by atoms with van der Waals surface area (Å²) in [6.45, 7) is 0.416. The number of nitrogens with one attached hydrogen (secondary N) is 3. The molecule has 1 aliphatic rings. The Morgan fingerprint density at radius 2 is 1.81 bits per heavy atom. The van der Waals surface area contributed by atoms with Gasteiger partial charge in [0.05, 0.1) is 11.3 Å². The minimum atomic E-state index is -0.771. The number of benzene rings is 2. The van der Waals surface area contributed by atoms with Gasteiger partial charge in [0.25, 0.3) is 5.91 Å². The quantitative estimate of drug-likeness (QED) is 0.728. The zero-order chi connectivity index (χ0) is 19.2. The first-order chi connectivity index (χ1) is 13.0. The molecule has 27 heavy (non-hydrogen) atoms. The number of carbonyl (C=O) groups is 3. The van der Waals surface area contributed by atoms with Gasteiger partial charge in [0.15, 0.2) is 0 Å². The first-order valence-electron chi connectivity index (χ1n) is 8.75. The second kappa shape index (κ2) is 8.44. The van der Waals surface area contributed by atoms with Gasteiger partial charge in [-0.3, -0.25) is 14.4 Å². The molecule has 0 saturated heterocycles. The lowest BCUT2D eigenvalue weighted by Gasteiger charge is -2.14. The lowest BCUT2D eigenvalue weighted by atomic mass is 10.1. The van der Waals surface area contributed by atoms with Gasteiger partial charge in [0.1, 0.15) is 11.9 Å². The maximum absolute atomic E-state index is 12.9. The van der Waals surface area contributed by atoms with Crippen LogP contribution in [-0.4, -0.2) is 30.3 Å². The number of fused-ring (bicyclic) bond motifs is 1. The molecule has 0 radical (unpaired) electrons. The molecule has 2 aromatic rings. The minimum Gasteiger partial charge on any atom is -0.356 e. The molecular formula is C20H20FN3O3. The van der Waals surface area contributed by atoms with Gasteiger partial charge in [-0.2, -0.15) is 0 Å². The molecule has 0 saturated carbocycles. The van der Waals surface area contributed by atoms with Crippen molar-refractivity contribution in [2.24, 2.45) is 0 Å². The summed E-state index contributed by atoms with van der Waals surface area (Å²) in [5, 5.41) is 8.14. The SMILES string of the molecule is O=C(CC[C@@H]1NC(=O)c2ccccc2NC1=O)NCCc1ccc(F)cc1. The molecule has 0 spiro atoms. The second-order valence-corrected chi connectivity index (χ2v) is 6.33. The maximum Gasteiger partial charge on any atom is 0.254 e. The van der Waals surface area contributed by atoms with Crippen LogP contribution in [0.5, 0.6) is 0 Å². The summed E-state index contributed by atoms with van der Waals surface area (Å²) in [5.74, 6) is -1.19. The summed E-state index contributed by atoms with van der Waals surface area (Å²) in [4.78, 5) is 36.5. The molecule has 0 bridgehead atoms. The lowest BCUT2D eigenvalue weighted by Crippen LogP contribution is -2.42. The Bertz CT molecular complexity index is 852. The van der Waals surface area contributed by atoms with E-state index in [1.165, 1.54) is 12.1 Å². The summed E-state index contributed by atoms with van der Waals surface area (Å²) in [6, 6.07) is 12.1. The van der Waals surface area contributed by atoms with Crippen LogP contribution in [0.15, 0.2) is 48.5 Å². The Morgan fingerprint density at radius 3 is 2.59 bits per heavy atom. The third kappa shape index (κ3) is 4.91. The fourth-order valence-corrected chi connectivity index (χ4v) is 2.88. The van der Waals surface area contributed by atoms with Crippen molar-refractivity contribution in [3.05, 3.63) is 65.5 Å². The van der Waals surface area contributed by atoms with Gasteiger partial charge in [-0.25, -0.2) is 4.39 Å².